The van der Waals surface area contributed by atoms with Gasteiger partial charge in [-0.15, -0.1) is 0 Å². The molecule has 0 atom stereocenters. The van der Waals surface area contributed by atoms with E-state index < -0.39 is 0 Å². The fourth-order valence-electron chi connectivity index (χ4n) is 3.00. The molecule has 4 nitrogen and oxygen atoms in total. The number of amides is 1. The summed E-state index contributed by atoms with van der Waals surface area (Å²) < 4.78 is 0. The molecule has 1 fully saturated rings. The third kappa shape index (κ3) is 4.09. The number of rotatable bonds is 4. The predicted octanol–water partition coefficient (Wildman–Crippen LogP) is 2.67. The van der Waals surface area contributed by atoms with Gasteiger partial charge in [0.05, 0.1) is 0 Å². The van der Waals surface area contributed by atoms with Crippen molar-refractivity contribution in [2.45, 2.75) is 19.8 Å². The lowest BCUT2D eigenvalue weighted by atomic mass is 10.1. The summed E-state index contributed by atoms with van der Waals surface area (Å²) in [6.45, 7) is 5.36. The Kier molecular flexibility index (Phi) is 4.91. The van der Waals surface area contributed by atoms with Gasteiger partial charge < -0.3 is 9.80 Å². The molecule has 1 aromatic carbocycles. The molecule has 1 aliphatic heterocycles. The zero-order valence-electron chi connectivity index (χ0n) is 13.6. The molecule has 0 bridgehead atoms. The highest BCUT2D eigenvalue weighted by atomic mass is 16.2. The summed E-state index contributed by atoms with van der Waals surface area (Å²) in [7, 11) is 0. The molecule has 1 aliphatic rings. The van der Waals surface area contributed by atoms with Gasteiger partial charge in [0.15, 0.2) is 0 Å². The number of carbonyl (C=O) groups excluding carboxylic acids is 1. The quantitative estimate of drug-likeness (QED) is 0.871. The van der Waals surface area contributed by atoms with Crippen LogP contribution in [0.2, 0.25) is 0 Å². The van der Waals surface area contributed by atoms with Gasteiger partial charge in [-0.1, -0.05) is 35.9 Å². The maximum atomic E-state index is 12.4. The first-order valence-corrected chi connectivity index (χ1v) is 8.22. The van der Waals surface area contributed by atoms with Crippen molar-refractivity contribution in [1.82, 2.24) is 9.88 Å². The Hall–Kier alpha value is -2.36. The van der Waals surface area contributed by atoms with Crippen molar-refractivity contribution in [3.63, 3.8) is 0 Å². The first-order chi connectivity index (χ1) is 11.2. The molecule has 23 heavy (non-hydrogen) atoms. The van der Waals surface area contributed by atoms with Gasteiger partial charge in [-0.25, -0.2) is 4.98 Å². The van der Waals surface area contributed by atoms with Crippen molar-refractivity contribution >= 4 is 11.7 Å². The largest absolute Gasteiger partial charge is 0.353 e. The van der Waals surface area contributed by atoms with Gasteiger partial charge in [-0.3, -0.25) is 4.79 Å². The van der Waals surface area contributed by atoms with Crippen molar-refractivity contribution < 1.29 is 4.79 Å². The summed E-state index contributed by atoms with van der Waals surface area (Å²) >= 11 is 0. The molecule has 120 valence electrons. The van der Waals surface area contributed by atoms with Crippen molar-refractivity contribution in [1.29, 1.82) is 0 Å². The lowest BCUT2D eigenvalue weighted by molar-refractivity contribution is -0.131. The van der Waals surface area contributed by atoms with Gasteiger partial charge in [0.2, 0.25) is 5.91 Å². The minimum Gasteiger partial charge on any atom is -0.353 e. The molecule has 3 rings (SSSR count). The summed E-state index contributed by atoms with van der Waals surface area (Å²) in [5.41, 5.74) is 2.49. The van der Waals surface area contributed by atoms with Crippen LogP contribution < -0.4 is 4.90 Å². The van der Waals surface area contributed by atoms with Crippen molar-refractivity contribution in [2.24, 2.45) is 0 Å². The Balaban J connectivity index is 1.48. The second-order valence-electron chi connectivity index (χ2n) is 6.04. The van der Waals surface area contributed by atoms with Gasteiger partial charge >= 0.3 is 0 Å². The molecule has 0 spiro atoms. The standard InChI is InChI=1S/C19H23N3O/c1-16-5-4-6-17(15-16)8-9-19(23)22-13-11-21(12-14-22)18-7-2-3-10-20-18/h2-7,10,15H,8-9,11-14H2,1H3. The number of anilines is 1. The highest BCUT2D eigenvalue weighted by Crippen LogP contribution is 2.14. The number of nitrogens with zero attached hydrogens (tertiary/aromatic N) is 3. The summed E-state index contributed by atoms with van der Waals surface area (Å²) in [5, 5.41) is 0. The molecule has 1 aromatic heterocycles. The fourth-order valence-corrected chi connectivity index (χ4v) is 3.00. The van der Waals surface area contributed by atoms with Crippen LogP contribution in [-0.2, 0) is 11.2 Å². The maximum absolute atomic E-state index is 12.4. The molecule has 2 aromatic rings. The maximum Gasteiger partial charge on any atom is 0.223 e. The van der Waals surface area contributed by atoms with E-state index >= 15 is 0 Å². The normalized spacial score (nSPS) is 14.8. The smallest absolute Gasteiger partial charge is 0.223 e. The molecule has 1 amide bonds. The van der Waals surface area contributed by atoms with Crippen LogP contribution >= 0.6 is 0 Å². The molecule has 0 N–H and O–H groups in total. The Bertz CT molecular complexity index is 649. The lowest BCUT2D eigenvalue weighted by Gasteiger charge is -2.35. The Morgan fingerprint density at radius 3 is 2.61 bits per heavy atom. The topological polar surface area (TPSA) is 36.4 Å². The zero-order valence-corrected chi connectivity index (χ0v) is 13.6. The average Bonchev–Trinajstić information content (AvgIpc) is 2.61. The zero-order chi connectivity index (χ0) is 16.1. The van der Waals surface area contributed by atoms with E-state index in [2.05, 4.69) is 41.1 Å². The van der Waals surface area contributed by atoms with Crippen LogP contribution in [0.1, 0.15) is 17.5 Å². The van der Waals surface area contributed by atoms with Crippen LogP contribution in [0.15, 0.2) is 48.7 Å². The van der Waals surface area contributed by atoms with E-state index in [1.54, 1.807) is 0 Å². The summed E-state index contributed by atoms with van der Waals surface area (Å²) in [6, 6.07) is 14.3. The monoisotopic (exact) mass is 309 g/mol. The van der Waals surface area contributed by atoms with Crippen LogP contribution in [0.4, 0.5) is 5.82 Å². The van der Waals surface area contributed by atoms with Crippen LogP contribution in [0.5, 0.6) is 0 Å². The van der Waals surface area contributed by atoms with Gasteiger partial charge in [0, 0.05) is 38.8 Å². The molecule has 0 unspecified atom stereocenters. The van der Waals surface area contributed by atoms with E-state index in [-0.39, 0.29) is 5.91 Å². The van der Waals surface area contributed by atoms with Crippen molar-refractivity contribution in [3.05, 3.63) is 59.8 Å². The predicted molar refractivity (Wildman–Crippen MR) is 92.5 cm³/mol. The Morgan fingerprint density at radius 1 is 1.09 bits per heavy atom. The van der Waals surface area contributed by atoms with Gasteiger partial charge in [-0.2, -0.15) is 0 Å². The Labute approximate surface area is 137 Å². The number of carbonyl (C=O) groups is 1. The van der Waals surface area contributed by atoms with Crippen LogP contribution in [-0.4, -0.2) is 42.0 Å². The summed E-state index contributed by atoms with van der Waals surface area (Å²) in [6.07, 6.45) is 3.22. The lowest BCUT2D eigenvalue weighted by Crippen LogP contribution is -2.49. The molecule has 0 aliphatic carbocycles. The van der Waals surface area contributed by atoms with Crippen LogP contribution in [0.25, 0.3) is 0 Å². The van der Waals surface area contributed by atoms with E-state index in [9.17, 15) is 4.79 Å². The van der Waals surface area contributed by atoms with Crippen LogP contribution in [0.3, 0.4) is 0 Å². The third-order valence-corrected chi connectivity index (χ3v) is 4.32. The first kappa shape index (κ1) is 15.5. The van der Waals surface area contributed by atoms with Crippen molar-refractivity contribution in [2.75, 3.05) is 31.1 Å². The first-order valence-electron chi connectivity index (χ1n) is 8.22. The van der Waals surface area contributed by atoms with Gasteiger partial charge in [0.25, 0.3) is 0 Å². The molecular formula is C19H23N3O. The number of aryl methyl sites for hydroxylation is 2. The molecule has 1 saturated heterocycles. The third-order valence-electron chi connectivity index (χ3n) is 4.32. The average molecular weight is 309 g/mol. The van der Waals surface area contributed by atoms with E-state index in [4.69, 9.17) is 0 Å². The van der Waals surface area contributed by atoms with Gasteiger partial charge in [0.1, 0.15) is 5.82 Å². The van der Waals surface area contributed by atoms with Gasteiger partial charge in [-0.05, 0) is 31.0 Å². The fraction of sp³-hybridized carbons (Fsp3) is 0.368. The number of pyridine rings is 1. The molecule has 4 heteroatoms. The highest BCUT2D eigenvalue weighted by molar-refractivity contribution is 5.76. The summed E-state index contributed by atoms with van der Waals surface area (Å²) in [5.74, 6) is 1.26. The van der Waals surface area contributed by atoms with E-state index in [0.29, 0.717) is 6.42 Å². The SMILES string of the molecule is Cc1cccc(CCC(=O)N2CCN(c3ccccn3)CC2)c1. The number of benzene rings is 1. The van der Waals surface area contributed by atoms with E-state index in [0.717, 1.165) is 38.4 Å². The minimum atomic E-state index is 0.257. The molecule has 0 radical (unpaired) electrons. The number of hydrogen-bond donors (Lipinski definition) is 0. The second-order valence-corrected chi connectivity index (χ2v) is 6.04. The second kappa shape index (κ2) is 7.27. The van der Waals surface area contributed by atoms with Crippen LogP contribution in [0, 0.1) is 6.92 Å². The summed E-state index contributed by atoms with van der Waals surface area (Å²) in [4.78, 5) is 21.0. The van der Waals surface area contributed by atoms with Crippen molar-refractivity contribution in [3.8, 4) is 0 Å². The highest BCUT2D eigenvalue weighted by Gasteiger charge is 2.21. The minimum absolute atomic E-state index is 0.257. The molecule has 2 heterocycles. The molecular weight excluding hydrogens is 286 g/mol. The van der Waals surface area contributed by atoms with E-state index in [1.165, 1.54) is 11.1 Å². The number of piperazine rings is 1. The van der Waals surface area contributed by atoms with E-state index in [1.807, 2.05) is 29.3 Å². The Morgan fingerprint density at radius 2 is 1.91 bits per heavy atom. The number of hydrogen-bond acceptors (Lipinski definition) is 3. The number of aromatic nitrogens is 1. The molecule has 0 saturated carbocycles.